The molecule has 0 spiro atoms. The first-order chi connectivity index (χ1) is 15.0. The van der Waals surface area contributed by atoms with Crippen molar-refractivity contribution in [2.75, 3.05) is 7.11 Å². The largest absolute Gasteiger partial charge is 0.469 e. The maximum Gasteiger partial charge on any atom is 0.309 e. The van der Waals surface area contributed by atoms with Gasteiger partial charge in [-0.25, -0.2) is 24.0 Å². The Bertz CT molecular complexity index is 1160. The lowest BCUT2D eigenvalue weighted by Crippen LogP contribution is -2.45. The van der Waals surface area contributed by atoms with Crippen LogP contribution in [0.2, 0.25) is 5.02 Å². The molecule has 3 saturated carbocycles. The van der Waals surface area contributed by atoms with Crippen molar-refractivity contribution in [3.8, 4) is 11.5 Å². The van der Waals surface area contributed by atoms with Crippen molar-refractivity contribution < 1.29 is 13.9 Å². The lowest BCUT2D eigenvalue weighted by molar-refractivity contribution is -0.156. The molecule has 162 valence electrons. The molecule has 0 radical (unpaired) electrons. The van der Waals surface area contributed by atoms with Gasteiger partial charge < -0.3 is 4.74 Å². The van der Waals surface area contributed by atoms with E-state index in [-0.39, 0.29) is 17.8 Å². The Morgan fingerprint density at radius 2 is 1.97 bits per heavy atom. The highest BCUT2D eigenvalue weighted by atomic mass is 35.5. The fourth-order valence-corrected chi connectivity index (χ4v) is 5.70. The summed E-state index contributed by atoms with van der Waals surface area (Å²) in [4.78, 5) is 25.8. The van der Waals surface area contributed by atoms with Gasteiger partial charge in [-0.15, -0.1) is 0 Å². The smallest absolute Gasteiger partial charge is 0.309 e. The second kappa shape index (κ2) is 7.82. The van der Waals surface area contributed by atoms with E-state index in [4.69, 9.17) is 21.3 Å². The highest BCUT2D eigenvalue weighted by molar-refractivity contribution is 6.31. The molecule has 3 aliphatic rings. The third kappa shape index (κ3) is 3.46. The summed E-state index contributed by atoms with van der Waals surface area (Å²) in [6.45, 7) is 0. The lowest BCUT2D eigenvalue weighted by Gasteiger charge is -2.47. The second-order valence-electron chi connectivity index (χ2n) is 8.58. The number of nitrogens with zero attached hydrogens (tertiary/aromatic N) is 5. The van der Waals surface area contributed by atoms with Gasteiger partial charge >= 0.3 is 5.97 Å². The molecule has 0 N–H and O–H groups in total. The van der Waals surface area contributed by atoms with Crippen molar-refractivity contribution in [3.63, 3.8) is 0 Å². The van der Waals surface area contributed by atoms with Crippen molar-refractivity contribution in [2.24, 2.45) is 30.7 Å². The Morgan fingerprint density at radius 1 is 1.23 bits per heavy atom. The van der Waals surface area contributed by atoms with E-state index in [9.17, 15) is 9.18 Å². The molecule has 3 fully saturated rings. The predicted molar refractivity (Wildman–Crippen MR) is 113 cm³/mol. The molecule has 6 rings (SSSR count). The van der Waals surface area contributed by atoms with Crippen molar-refractivity contribution >= 4 is 28.6 Å². The van der Waals surface area contributed by atoms with Crippen LogP contribution < -0.4 is 0 Å². The standard InChI is InChI=1S/C22H23ClFN5O2/c1-29-21-15(7-13(24)9-26-21)19(28-29)20-25-10-16(23)17(27-20)8-14-11-3-5-12(6-4-11)18(14)22(30)31-2/h7,9-12,14,18H,3-6,8H2,1-2H3/t11?,12?,14-,18-/m0/s1. The monoisotopic (exact) mass is 443 g/mol. The third-order valence-corrected chi connectivity index (χ3v) is 7.28. The first-order valence-electron chi connectivity index (χ1n) is 10.5. The summed E-state index contributed by atoms with van der Waals surface area (Å²) in [5, 5.41) is 5.46. The molecule has 0 aliphatic heterocycles. The molecule has 7 nitrogen and oxygen atoms in total. The minimum absolute atomic E-state index is 0.124. The number of aromatic nitrogens is 5. The van der Waals surface area contributed by atoms with Gasteiger partial charge in [0.2, 0.25) is 0 Å². The van der Waals surface area contributed by atoms with Crippen LogP contribution in [0.4, 0.5) is 4.39 Å². The fraction of sp³-hybridized carbons (Fsp3) is 0.500. The maximum absolute atomic E-state index is 13.8. The van der Waals surface area contributed by atoms with E-state index in [0.717, 1.165) is 31.9 Å². The normalized spacial score (nSPS) is 25.2. The van der Waals surface area contributed by atoms with E-state index < -0.39 is 5.82 Å². The average molecular weight is 444 g/mol. The lowest BCUT2D eigenvalue weighted by atomic mass is 9.57. The number of aryl methyl sites for hydroxylation is 1. The van der Waals surface area contributed by atoms with E-state index in [1.54, 1.807) is 17.9 Å². The van der Waals surface area contributed by atoms with Crippen LogP contribution in [0.5, 0.6) is 0 Å². The third-order valence-electron chi connectivity index (χ3n) is 6.97. The Morgan fingerprint density at radius 3 is 2.71 bits per heavy atom. The molecule has 3 aromatic heterocycles. The van der Waals surface area contributed by atoms with Crippen molar-refractivity contribution in [3.05, 3.63) is 35.0 Å². The summed E-state index contributed by atoms with van der Waals surface area (Å²) in [6, 6.07) is 1.38. The highest BCUT2D eigenvalue weighted by Crippen LogP contribution is 2.50. The molecule has 3 heterocycles. The number of hydrogen-bond acceptors (Lipinski definition) is 6. The number of pyridine rings is 1. The first-order valence-corrected chi connectivity index (χ1v) is 10.9. The minimum Gasteiger partial charge on any atom is -0.469 e. The first kappa shape index (κ1) is 20.3. The number of rotatable bonds is 4. The van der Waals surface area contributed by atoms with Gasteiger partial charge in [0, 0.05) is 13.2 Å². The van der Waals surface area contributed by atoms with Crippen LogP contribution in [0.15, 0.2) is 18.5 Å². The molecule has 31 heavy (non-hydrogen) atoms. The van der Waals surface area contributed by atoms with Gasteiger partial charge in [-0.2, -0.15) is 5.10 Å². The summed E-state index contributed by atoms with van der Waals surface area (Å²) >= 11 is 6.48. The molecule has 3 aromatic rings. The van der Waals surface area contributed by atoms with E-state index in [1.165, 1.54) is 13.2 Å². The van der Waals surface area contributed by atoms with Crippen molar-refractivity contribution in [1.29, 1.82) is 0 Å². The summed E-state index contributed by atoms with van der Waals surface area (Å²) in [5.74, 6) is 0.611. The van der Waals surface area contributed by atoms with Crippen LogP contribution in [0.25, 0.3) is 22.6 Å². The van der Waals surface area contributed by atoms with Crippen LogP contribution in [0, 0.1) is 29.5 Å². The Kier molecular flexibility index (Phi) is 5.12. The fourth-order valence-electron chi connectivity index (χ4n) is 5.54. The molecule has 3 aliphatic carbocycles. The Labute approximate surface area is 184 Å². The number of carbonyl (C=O) groups is 1. The van der Waals surface area contributed by atoms with E-state index in [1.807, 2.05) is 0 Å². The van der Waals surface area contributed by atoms with Crippen molar-refractivity contribution in [2.45, 2.75) is 32.1 Å². The topological polar surface area (TPSA) is 82.8 Å². The van der Waals surface area contributed by atoms with Gasteiger partial charge in [0.1, 0.15) is 11.5 Å². The molecule has 0 amide bonds. The summed E-state index contributed by atoms with van der Waals surface area (Å²) in [6.07, 6.45) is 7.67. The van der Waals surface area contributed by atoms with Crippen LogP contribution in [-0.4, -0.2) is 37.8 Å². The van der Waals surface area contributed by atoms with Crippen LogP contribution >= 0.6 is 11.6 Å². The second-order valence-corrected chi connectivity index (χ2v) is 8.98. The number of halogens is 2. The number of methoxy groups -OCH3 is 1. The maximum atomic E-state index is 13.8. The molecule has 2 atom stereocenters. The van der Waals surface area contributed by atoms with E-state index >= 15 is 0 Å². The van der Waals surface area contributed by atoms with Crippen molar-refractivity contribution in [1.82, 2.24) is 24.7 Å². The van der Waals surface area contributed by atoms with Gasteiger partial charge in [-0.05, 0) is 55.9 Å². The molecule has 0 unspecified atom stereocenters. The average Bonchev–Trinajstić information content (AvgIpc) is 3.11. The van der Waals surface area contributed by atoms with Gasteiger partial charge in [-0.1, -0.05) is 11.6 Å². The number of ether oxygens (including phenoxy) is 1. The zero-order valence-corrected chi connectivity index (χ0v) is 18.1. The van der Waals surface area contributed by atoms with Crippen LogP contribution in [-0.2, 0) is 23.0 Å². The number of esters is 1. The van der Waals surface area contributed by atoms with Gasteiger partial charge in [0.05, 0.1) is 35.3 Å². The summed E-state index contributed by atoms with van der Waals surface area (Å²) < 4.78 is 20.5. The summed E-state index contributed by atoms with van der Waals surface area (Å²) in [5.41, 5.74) is 1.69. The van der Waals surface area contributed by atoms with Crippen LogP contribution in [0.1, 0.15) is 31.4 Å². The number of hydrogen-bond donors (Lipinski definition) is 0. The number of carbonyl (C=O) groups excluding carboxylic acids is 1. The quantitative estimate of drug-likeness (QED) is 0.567. The zero-order valence-electron chi connectivity index (χ0n) is 17.4. The molecule has 2 bridgehead atoms. The molecular weight excluding hydrogens is 421 g/mol. The summed E-state index contributed by atoms with van der Waals surface area (Å²) in [7, 11) is 3.20. The van der Waals surface area contributed by atoms with Gasteiger partial charge in [-0.3, -0.25) is 4.79 Å². The molecule has 0 aromatic carbocycles. The number of fused-ring (bicyclic) bond motifs is 4. The van der Waals surface area contributed by atoms with Crippen LogP contribution in [0.3, 0.4) is 0 Å². The van der Waals surface area contributed by atoms with E-state index in [2.05, 4.69) is 15.1 Å². The molecule has 9 heteroatoms. The van der Waals surface area contributed by atoms with E-state index in [0.29, 0.717) is 51.5 Å². The molecular formula is C22H23ClFN5O2. The minimum atomic E-state index is -0.449. The zero-order chi connectivity index (χ0) is 21.7. The highest BCUT2D eigenvalue weighted by Gasteiger charge is 2.47. The predicted octanol–water partition coefficient (Wildman–Crippen LogP) is 3.99. The Hall–Kier alpha value is -2.61. The molecule has 0 saturated heterocycles. The van der Waals surface area contributed by atoms with Gasteiger partial charge in [0.25, 0.3) is 0 Å². The van der Waals surface area contributed by atoms with Gasteiger partial charge in [0.15, 0.2) is 11.5 Å². The SMILES string of the molecule is COC(=O)[C@H]1C2CCC(CC2)[C@@H]1Cc1nc(-c2nn(C)c3ncc(F)cc23)ncc1Cl. The Balaban J connectivity index is 1.53.